The minimum Gasteiger partial charge on any atom is -0.351 e. The molecule has 1 N–H and O–H groups in total. The maximum Gasteiger partial charge on any atom is 0.290 e. The zero-order chi connectivity index (χ0) is 13.4. The molecule has 1 aliphatic rings. The number of carbonyl (C=O) groups is 1. The lowest BCUT2D eigenvalue weighted by Gasteiger charge is -2.23. The zero-order valence-electron chi connectivity index (χ0n) is 11.0. The van der Waals surface area contributed by atoms with E-state index in [-0.39, 0.29) is 17.7 Å². The summed E-state index contributed by atoms with van der Waals surface area (Å²) in [6.45, 7) is 1.79. The highest BCUT2D eigenvalue weighted by Gasteiger charge is 2.26. The van der Waals surface area contributed by atoms with Crippen LogP contribution in [0.5, 0.6) is 0 Å². The van der Waals surface area contributed by atoms with Crippen LogP contribution in [0.15, 0.2) is 16.8 Å². The smallest absolute Gasteiger partial charge is 0.290 e. The van der Waals surface area contributed by atoms with Crippen molar-refractivity contribution in [2.24, 2.45) is 7.05 Å². The summed E-state index contributed by atoms with van der Waals surface area (Å²) in [7, 11) is 1.93. The Bertz CT molecular complexity index is 614. The van der Waals surface area contributed by atoms with Crippen LogP contribution in [0.3, 0.4) is 0 Å². The average Bonchev–Trinajstić information content (AvgIpc) is 2.98. The molecule has 0 saturated carbocycles. The molecule has 0 bridgehead atoms. The van der Waals surface area contributed by atoms with E-state index < -0.39 is 0 Å². The summed E-state index contributed by atoms with van der Waals surface area (Å²) in [6, 6.07) is 1.65. The first-order chi connectivity index (χ1) is 9.15. The standard InChI is InChI=1S/C13H16N4O2/c1-8-6-12(19-16-8)13(18)15-10-4-3-5-11-9(10)7-14-17(11)2/h6-7,10H,3-5H2,1-2H3,(H,15,18)/t10-/m0/s1. The Morgan fingerprint density at radius 1 is 1.58 bits per heavy atom. The highest BCUT2D eigenvalue weighted by atomic mass is 16.5. The molecule has 6 heteroatoms. The number of nitrogens with zero attached hydrogens (tertiary/aromatic N) is 3. The van der Waals surface area contributed by atoms with E-state index >= 15 is 0 Å². The van der Waals surface area contributed by atoms with Gasteiger partial charge in [0.15, 0.2) is 0 Å². The van der Waals surface area contributed by atoms with Crippen molar-refractivity contribution in [3.63, 3.8) is 0 Å². The highest BCUT2D eigenvalue weighted by molar-refractivity contribution is 5.91. The van der Waals surface area contributed by atoms with Crippen LogP contribution in [0, 0.1) is 6.92 Å². The Hall–Kier alpha value is -2.11. The predicted octanol–water partition coefficient (Wildman–Crippen LogP) is 1.52. The van der Waals surface area contributed by atoms with Crippen LogP contribution >= 0.6 is 0 Å². The number of nitrogens with one attached hydrogen (secondary N) is 1. The molecule has 1 atom stereocenters. The van der Waals surface area contributed by atoms with Crippen molar-refractivity contribution >= 4 is 5.91 Å². The predicted molar refractivity (Wildman–Crippen MR) is 67.6 cm³/mol. The Kier molecular flexibility index (Phi) is 2.85. The molecule has 0 aliphatic heterocycles. The molecule has 6 nitrogen and oxygen atoms in total. The van der Waals surface area contributed by atoms with E-state index in [9.17, 15) is 4.79 Å². The third kappa shape index (κ3) is 2.14. The monoisotopic (exact) mass is 260 g/mol. The molecule has 2 aromatic heterocycles. The first kappa shape index (κ1) is 12.0. The second-order valence-corrected chi connectivity index (χ2v) is 4.92. The molecule has 0 unspecified atom stereocenters. The molecule has 0 fully saturated rings. The topological polar surface area (TPSA) is 73.0 Å². The molecule has 19 heavy (non-hydrogen) atoms. The maximum atomic E-state index is 12.1. The normalized spacial score (nSPS) is 18.1. The van der Waals surface area contributed by atoms with Crippen LogP contribution in [0.1, 0.15) is 46.4 Å². The molecular formula is C13H16N4O2. The molecule has 2 aromatic rings. The van der Waals surface area contributed by atoms with Crippen LogP contribution in [-0.4, -0.2) is 20.8 Å². The van der Waals surface area contributed by atoms with Gasteiger partial charge in [0.1, 0.15) is 0 Å². The van der Waals surface area contributed by atoms with E-state index in [1.54, 1.807) is 13.0 Å². The van der Waals surface area contributed by atoms with Crippen LogP contribution in [-0.2, 0) is 13.5 Å². The van der Waals surface area contributed by atoms with Crippen molar-refractivity contribution in [1.29, 1.82) is 0 Å². The van der Waals surface area contributed by atoms with Gasteiger partial charge in [-0.2, -0.15) is 5.10 Å². The molecule has 1 amide bonds. The van der Waals surface area contributed by atoms with Crippen LogP contribution in [0.25, 0.3) is 0 Å². The summed E-state index contributed by atoms with van der Waals surface area (Å²) < 4.78 is 6.86. The van der Waals surface area contributed by atoms with E-state index in [1.807, 2.05) is 17.9 Å². The summed E-state index contributed by atoms with van der Waals surface area (Å²) >= 11 is 0. The van der Waals surface area contributed by atoms with Gasteiger partial charge in [0.05, 0.1) is 17.9 Å². The van der Waals surface area contributed by atoms with Gasteiger partial charge in [-0.15, -0.1) is 0 Å². The fourth-order valence-electron chi connectivity index (χ4n) is 2.56. The number of amides is 1. The first-order valence-electron chi connectivity index (χ1n) is 6.40. The number of hydrogen-bond donors (Lipinski definition) is 1. The summed E-state index contributed by atoms with van der Waals surface area (Å²) in [5.41, 5.74) is 3.01. The Morgan fingerprint density at radius 3 is 3.16 bits per heavy atom. The Labute approximate surface area is 110 Å². The number of aromatic nitrogens is 3. The number of hydrogen-bond acceptors (Lipinski definition) is 4. The van der Waals surface area contributed by atoms with Gasteiger partial charge in [0.25, 0.3) is 5.91 Å². The fourth-order valence-corrected chi connectivity index (χ4v) is 2.56. The number of rotatable bonds is 2. The van der Waals surface area contributed by atoms with Gasteiger partial charge < -0.3 is 9.84 Å². The van der Waals surface area contributed by atoms with Crippen molar-refractivity contribution in [2.75, 3.05) is 0 Å². The number of fused-ring (bicyclic) bond motifs is 1. The van der Waals surface area contributed by atoms with Gasteiger partial charge >= 0.3 is 0 Å². The van der Waals surface area contributed by atoms with Crippen LogP contribution in [0.4, 0.5) is 0 Å². The lowest BCUT2D eigenvalue weighted by atomic mass is 9.93. The summed E-state index contributed by atoms with van der Waals surface area (Å²) in [6.07, 6.45) is 4.83. The third-order valence-corrected chi connectivity index (χ3v) is 3.53. The number of aryl methyl sites for hydroxylation is 2. The van der Waals surface area contributed by atoms with Gasteiger partial charge in [-0.25, -0.2) is 0 Å². The lowest BCUT2D eigenvalue weighted by molar-refractivity contribution is 0.0895. The highest BCUT2D eigenvalue weighted by Crippen LogP contribution is 2.29. The van der Waals surface area contributed by atoms with E-state index in [4.69, 9.17) is 4.52 Å². The van der Waals surface area contributed by atoms with Crippen molar-refractivity contribution in [2.45, 2.75) is 32.2 Å². The zero-order valence-corrected chi connectivity index (χ0v) is 11.0. The van der Waals surface area contributed by atoms with E-state index in [2.05, 4.69) is 15.6 Å². The summed E-state index contributed by atoms with van der Waals surface area (Å²) in [4.78, 5) is 12.1. The largest absolute Gasteiger partial charge is 0.351 e. The molecule has 1 aliphatic carbocycles. The van der Waals surface area contributed by atoms with Gasteiger partial charge in [0.2, 0.25) is 5.76 Å². The summed E-state index contributed by atoms with van der Waals surface area (Å²) in [5.74, 6) is 0.0378. The first-order valence-corrected chi connectivity index (χ1v) is 6.40. The van der Waals surface area contributed by atoms with E-state index in [0.29, 0.717) is 5.69 Å². The Morgan fingerprint density at radius 2 is 2.42 bits per heavy atom. The third-order valence-electron chi connectivity index (χ3n) is 3.53. The molecule has 100 valence electrons. The van der Waals surface area contributed by atoms with Crippen molar-refractivity contribution < 1.29 is 9.32 Å². The maximum absolute atomic E-state index is 12.1. The van der Waals surface area contributed by atoms with Crippen molar-refractivity contribution in [1.82, 2.24) is 20.3 Å². The van der Waals surface area contributed by atoms with Gasteiger partial charge in [-0.1, -0.05) is 5.16 Å². The average molecular weight is 260 g/mol. The van der Waals surface area contributed by atoms with Gasteiger partial charge in [-0.3, -0.25) is 9.48 Å². The minimum absolute atomic E-state index is 0.00959. The van der Waals surface area contributed by atoms with Crippen LogP contribution < -0.4 is 5.32 Å². The molecule has 0 aromatic carbocycles. The van der Waals surface area contributed by atoms with E-state index in [1.165, 1.54) is 5.69 Å². The van der Waals surface area contributed by atoms with Crippen molar-refractivity contribution in [3.05, 3.63) is 35.0 Å². The van der Waals surface area contributed by atoms with Gasteiger partial charge in [0, 0.05) is 24.4 Å². The fraction of sp³-hybridized carbons (Fsp3) is 0.462. The Balaban J connectivity index is 1.79. The molecule has 3 rings (SSSR count). The molecular weight excluding hydrogens is 244 g/mol. The number of carbonyl (C=O) groups excluding carboxylic acids is 1. The molecule has 2 heterocycles. The quantitative estimate of drug-likeness (QED) is 0.888. The molecule has 0 spiro atoms. The van der Waals surface area contributed by atoms with Crippen molar-refractivity contribution in [3.8, 4) is 0 Å². The van der Waals surface area contributed by atoms with Crippen LogP contribution in [0.2, 0.25) is 0 Å². The lowest BCUT2D eigenvalue weighted by Crippen LogP contribution is -2.30. The SMILES string of the molecule is Cc1cc(C(=O)N[C@H]2CCCc3c2cnn3C)on1. The minimum atomic E-state index is -0.220. The summed E-state index contributed by atoms with van der Waals surface area (Å²) in [5, 5.41) is 11.0. The molecule has 0 saturated heterocycles. The second-order valence-electron chi connectivity index (χ2n) is 4.92. The second kappa shape index (κ2) is 4.53. The molecule has 0 radical (unpaired) electrons. The van der Waals surface area contributed by atoms with Gasteiger partial charge in [-0.05, 0) is 26.2 Å². The van der Waals surface area contributed by atoms with E-state index in [0.717, 1.165) is 24.8 Å².